The molecule has 2 aromatic carbocycles. The molecule has 3 aromatic rings. The number of ether oxygens (including phenoxy) is 3. The number of benzene rings is 2. The van der Waals surface area contributed by atoms with Crippen molar-refractivity contribution in [2.45, 2.75) is 68.0 Å². The maximum absolute atomic E-state index is 15.5. The standard InChI is InChI=1S/C37H47ClFN5O7S/c1-24-20-40-21-28(44(24)52(47,48)30-14-12-29(49-3)13-15-30)6-5-7-31-32(39)22-41-23-33(31)42-36(45)35(43(2)37(46)50-4)34(26-16-18-51-19-17-26)25-8-10-27(38)11-9-25/h8-15,22-24,26,28,34-35,40H,5-7,16-21H2,1-4H3,(H,42,45). The molecule has 0 aliphatic carbocycles. The van der Waals surface area contributed by atoms with Crippen molar-refractivity contribution in [3.8, 4) is 5.75 Å². The maximum Gasteiger partial charge on any atom is 0.409 e. The number of amides is 2. The van der Waals surface area contributed by atoms with Gasteiger partial charge in [-0.05, 0) is 86.9 Å². The lowest BCUT2D eigenvalue weighted by Crippen LogP contribution is -2.58. The van der Waals surface area contributed by atoms with Crippen LogP contribution in [0.4, 0.5) is 14.9 Å². The van der Waals surface area contributed by atoms with Gasteiger partial charge in [0.05, 0.1) is 37.2 Å². The minimum atomic E-state index is -3.84. The number of methoxy groups -OCH3 is 2. The predicted octanol–water partition coefficient (Wildman–Crippen LogP) is 5.47. The largest absolute Gasteiger partial charge is 0.497 e. The van der Waals surface area contributed by atoms with Crippen LogP contribution in [0.3, 0.4) is 0 Å². The second kappa shape index (κ2) is 17.8. The number of halogens is 2. The minimum Gasteiger partial charge on any atom is -0.497 e. The lowest BCUT2D eigenvalue weighted by Gasteiger charge is -2.40. The van der Waals surface area contributed by atoms with Crippen molar-refractivity contribution in [3.63, 3.8) is 0 Å². The molecular weight excluding hydrogens is 713 g/mol. The van der Waals surface area contributed by atoms with Gasteiger partial charge < -0.3 is 24.8 Å². The van der Waals surface area contributed by atoms with Crippen molar-refractivity contribution in [3.05, 3.63) is 82.9 Å². The Kier molecular flexibility index (Phi) is 13.5. The third-order valence-corrected chi connectivity index (χ3v) is 12.3. The number of sulfonamides is 1. The number of carbonyl (C=O) groups is 2. The Labute approximate surface area is 310 Å². The molecule has 282 valence electrons. The zero-order valence-corrected chi connectivity index (χ0v) is 31.5. The van der Waals surface area contributed by atoms with Gasteiger partial charge in [-0.3, -0.25) is 14.7 Å². The summed E-state index contributed by atoms with van der Waals surface area (Å²) in [7, 11) is 0.433. The molecule has 4 unspecified atom stereocenters. The molecule has 1 aromatic heterocycles. The molecule has 2 amide bonds. The number of pyridine rings is 1. The molecule has 15 heteroatoms. The van der Waals surface area contributed by atoms with Gasteiger partial charge in [0.1, 0.15) is 17.6 Å². The van der Waals surface area contributed by atoms with Gasteiger partial charge in [0, 0.05) is 61.9 Å². The van der Waals surface area contributed by atoms with E-state index < -0.39 is 45.8 Å². The molecule has 0 spiro atoms. The molecule has 0 bridgehead atoms. The van der Waals surface area contributed by atoms with E-state index in [1.165, 1.54) is 48.8 Å². The first-order valence-corrected chi connectivity index (χ1v) is 19.2. The Balaban J connectivity index is 1.38. The topological polar surface area (TPSA) is 139 Å². The van der Waals surface area contributed by atoms with Gasteiger partial charge in [0.25, 0.3) is 0 Å². The van der Waals surface area contributed by atoms with E-state index in [0.29, 0.717) is 62.8 Å². The van der Waals surface area contributed by atoms with Crippen molar-refractivity contribution in [1.29, 1.82) is 0 Å². The van der Waals surface area contributed by atoms with Crippen LogP contribution in [0.1, 0.15) is 49.7 Å². The lowest BCUT2D eigenvalue weighted by molar-refractivity contribution is -0.122. The molecule has 0 saturated carbocycles. The van der Waals surface area contributed by atoms with Crippen molar-refractivity contribution >= 4 is 39.3 Å². The Bertz CT molecular complexity index is 1780. The van der Waals surface area contributed by atoms with E-state index >= 15 is 4.39 Å². The number of aromatic nitrogens is 1. The van der Waals surface area contributed by atoms with Crippen LogP contribution in [0, 0.1) is 11.7 Å². The van der Waals surface area contributed by atoms with Crippen LogP contribution in [-0.4, -0.2) is 100 Å². The number of hydrogen-bond acceptors (Lipinski definition) is 9. The van der Waals surface area contributed by atoms with E-state index in [1.807, 2.05) is 19.1 Å². The third kappa shape index (κ3) is 9.03. The van der Waals surface area contributed by atoms with Crippen LogP contribution >= 0.6 is 11.6 Å². The highest BCUT2D eigenvalue weighted by atomic mass is 35.5. The number of hydrogen-bond donors (Lipinski definition) is 2. The van der Waals surface area contributed by atoms with E-state index in [0.717, 1.165) is 11.8 Å². The van der Waals surface area contributed by atoms with Crippen molar-refractivity contribution < 1.29 is 36.6 Å². The molecule has 4 atom stereocenters. The molecule has 5 rings (SSSR count). The molecular formula is C37H47ClFN5O7S. The summed E-state index contributed by atoms with van der Waals surface area (Å²) in [6.07, 6.45) is 4.15. The van der Waals surface area contributed by atoms with Gasteiger partial charge in [-0.1, -0.05) is 23.7 Å². The quantitative estimate of drug-likeness (QED) is 0.232. The first-order chi connectivity index (χ1) is 25.0. The first-order valence-electron chi connectivity index (χ1n) is 17.4. The lowest BCUT2D eigenvalue weighted by atomic mass is 9.76. The molecule has 0 radical (unpaired) electrons. The zero-order chi connectivity index (χ0) is 37.4. The van der Waals surface area contributed by atoms with E-state index in [4.69, 9.17) is 25.8 Å². The Morgan fingerprint density at radius 1 is 1.10 bits per heavy atom. The fourth-order valence-electron chi connectivity index (χ4n) is 7.38. The summed E-state index contributed by atoms with van der Waals surface area (Å²) in [6, 6.07) is 11.7. The van der Waals surface area contributed by atoms with E-state index in [-0.39, 0.29) is 34.5 Å². The van der Waals surface area contributed by atoms with Gasteiger partial charge in [-0.15, -0.1) is 0 Å². The maximum atomic E-state index is 15.5. The highest BCUT2D eigenvalue weighted by Crippen LogP contribution is 2.38. The summed E-state index contributed by atoms with van der Waals surface area (Å²) in [5, 5.41) is 6.75. The molecule has 2 fully saturated rings. The van der Waals surface area contributed by atoms with E-state index in [2.05, 4.69) is 15.6 Å². The second-order valence-electron chi connectivity index (χ2n) is 13.3. The molecule has 12 nitrogen and oxygen atoms in total. The average molecular weight is 760 g/mol. The van der Waals surface area contributed by atoms with Crippen LogP contribution in [0.15, 0.2) is 65.8 Å². The molecule has 52 heavy (non-hydrogen) atoms. The van der Waals surface area contributed by atoms with E-state index in [1.54, 1.807) is 24.3 Å². The van der Waals surface area contributed by atoms with E-state index in [9.17, 15) is 18.0 Å². The van der Waals surface area contributed by atoms with Crippen LogP contribution < -0.4 is 15.4 Å². The van der Waals surface area contributed by atoms with Gasteiger partial charge in [-0.2, -0.15) is 4.31 Å². The third-order valence-electron chi connectivity index (χ3n) is 9.99. The fraction of sp³-hybridized carbons (Fsp3) is 0.486. The number of nitrogens with one attached hydrogen (secondary N) is 2. The molecule has 3 heterocycles. The molecule has 2 N–H and O–H groups in total. The average Bonchev–Trinajstić information content (AvgIpc) is 3.15. The first kappa shape index (κ1) is 39.4. The van der Waals surface area contributed by atoms with Crippen LogP contribution in [0.2, 0.25) is 5.02 Å². The molecule has 2 saturated heterocycles. The number of piperazine rings is 1. The fourth-order valence-corrected chi connectivity index (χ4v) is 9.36. The monoisotopic (exact) mass is 759 g/mol. The highest BCUT2D eigenvalue weighted by Gasteiger charge is 2.42. The van der Waals surface area contributed by atoms with Crippen LogP contribution in [0.5, 0.6) is 5.75 Å². The number of rotatable bonds is 13. The van der Waals surface area contributed by atoms with Gasteiger partial charge >= 0.3 is 6.09 Å². The Morgan fingerprint density at radius 3 is 2.44 bits per heavy atom. The van der Waals surface area contributed by atoms with Crippen molar-refractivity contribution in [2.75, 3.05) is 52.9 Å². The van der Waals surface area contributed by atoms with Crippen molar-refractivity contribution in [2.24, 2.45) is 5.92 Å². The molecule has 2 aliphatic rings. The normalized spacial score (nSPS) is 19.7. The zero-order valence-electron chi connectivity index (χ0n) is 29.9. The summed E-state index contributed by atoms with van der Waals surface area (Å²) in [5.41, 5.74) is 1.22. The SMILES string of the molecule is COC(=O)N(C)C(C(=O)Nc1cncc(F)c1CCCC1CNCC(C)N1S(=O)(=O)c1ccc(OC)cc1)C(c1ccc(Cl)cc1)C1CCOCC1. The smallest absolute Gasteiger partial charge is 0.409 e. The summed E-state index contributed by atoms with van der Waals surface area (Å²) in [5.74, 6) is -1.07. The number of nitrogens with zero attached hydrogens (tertiary/aromatic N) is 3. The summed E-state index contributed by atoms with van der Waals surface area (Å²) in [6.45, 7) is 3.80. The second-order valence-corrected chi connectivity index (χ2v) is 15.5. The predicted molar refractivity (Wildman–Crippen MR) is 196 cm³/mol. The number of anilines is 1. The summed E-state index contributed by atoms with van der Waals surface area (Å²) >= 11 is 6.22. The summed E-state index contributed by atoms with van der Waals surface area (Å²) < 4.78 is 60.6. The van der Waals surface area contributed by atoms with Gasteiger partial charge in [0.15, 0.2) is 0 Å². The molecule has 2 aliphatic heterocycles. The number of likely N-dealkylation sites (N-methyl/N-ethyl adjacent to an activating group) is 1. The highest BCUT2D eigenvalue weighted by molar-refractivity contribution is 7.89. The number of carbonyl (C=O) groups excluding carboxylic acids is 2. The Morgan fingerprint density at radius 2 is 1.79 bits per heavy atom. The van der Waals surface area contributed by atoms with Crippen LogP contribution in [-0.2, 0) is 30.7 Å². The Hall–Kier alpha value is -3.82. The minimum absolute atomic E-state index is 0.0217. The van der Waals surface area contributed by atoms with Gasteiger partial charge in [0.2, 0.25) is 15.9 Å². The van der Waals surface area contributed by atoms with Crippen molar-refractivity contribution in [1.82, 2.24) is 19.5 Å². The van der Waals surface area contributed by atoms with Gasteiger partial charge in [-0.25, -0.2) is 17.6 Å². The van der Waals surface area contributed by atoms with Crippen LogP contribution in [0.25, 0.3) is 0 Å². The summed E-state index contributed by atoms with van der Waals surface area (Å²) in [4.78, 5) is 32.8.